The van der Waals surface area contributed by atoms with Gasteiger partial charge in [0.05, 0.1) is 20.8 Å². The standard InChI is InChI=1S/C24H31N2O3/c1-17-9-10-18(2)20(14-17)25-16-24(27,26-13-7-5-6-8-23(25)26)19-11-12-21(28-3)22(15-19)29-4/h9-12,14-15,27H,5-8,13,16H2,1-4H3/q+1/t24-/m1/s1. The molecule has 5 heteroatoms. The summed E-state index contributed by atoms with van der Waals surface area (Å²) in [7, 11) is 3.26. The van der Waals surface area contributed by atoms with Crippen LogP contribution in [0.15, 0.2) is 36.4 Å². The molecule has 0 fully saturated rings. The highest BCUT2D eigenvalue weighted by Gasteiger charge is 2.52. The zero-order valence-electron chi connectivity index (χ0n) is 17.9. The second kappa shape index (κ2) is 7.71. The molecule has 0 bridgehead atoms. The lowest BCUT2D eigenvalue weighted by molar-refractivity contribution is -0.658. The van der Waals surface area contributed by atoms with Gasteiger partial charge in [-0.2, -0.15) is 0 Å². The topological polar surface area (TPSA) is 44.9 Å². The van der Waals surface area contributed by atoms with E-state index in [1.54, 1.807) is 14.2 Å². The third-order valence-corrected chi connectivity index (χ3v) is 6.23. The summed E-state index contributed by atoms with van der Waals surface area (Å²) in [5, 5.41) is 12.0. The average molecular weight is 396 g/mol. The van der Waals surface area contributed by atoms with Crippen molar-refractivity contribution in [2.24, 2.45) is 0 Å². The van der Waals surface area contributed by atoms with Crippen LogP contribution in [0.25, 0.3) is 0 Å². The fourth-order valence-corrected chi connectivity index (χ4v) is 4.64. The Hall–Kier alpha value is -2.53. The molecule has 0 spiro atoms. The highest BCUT2D eigenvalue weighted by molar-refractivity contribution is 5.96. The third-order valence-electron chi connectivity index (χ3n) is 6.23. The highest BCUT2D eigenvalue weighted by Crippen LogP contribution is 2.39. The van der Waals surface area contributed by atoms with Crippen molar-refractivity contribution < 1.29 is 19.2 Å². The molecule has 2 aromatic rings. The maximum Gasteiger partial charge on any atom is 0.271 e. The Morgan fingerprint density at radius 1 is 0.966 bits per heavy atom. The molecule has 2 aliphatic rings. The molecule has 1 N–H and O–H groups in total. The van der Waals surface area contributed by atoms with Crippen LogP contribution in [0.2, 0.25) is 0 Å². The number of β-amino-alcohol motifs (C(OH)–C–C–N with tert-alkyl or cyclic N) is 1. The van der Waals surface area contributed by atoms with E-state index in [1.165, 1.54) is 29.1 Å². The van der Waals surface area contributed by atoms with Crippen molar-refractivity contribution in [2.75, 3.05) is 32.2 Å². The first kappa shape index (κ1) is 19.8. The number of hydrogen-bond acceptors (Lipinski definition) is 4. The molecule has 2 heterocycles. The van der Waals surface area contributed by atoms with Gasteiger partial charge in [-0.1, -0.05) is 12.1 Å². The quantitative estimate of drug-likeness (QED) is 0.796. The number of anilines is 1. The van der Waals surface area contributed by atoms with Crippen molar-refractivity contribution in [1.29, 1.82) is 0 Å². The van der Waals surface area contributed by atoms with Crippen molar-refractivity contribution in [3.8, 4) is 11.5 Å². The summed E-state index contributed by atoms with van der Waals surface area (Å²) in [5.74, 6) is 2.53. The molecule has 0 aliphatic carbocycles. The fourth-order valence-electron chi connectivity index (χ4n) is 4.64. The Bertz CT molecular complexity index is 953. The lowest BCUT2D eigenvalue weighted by atomic mass is 10.0. The van der Waals surface area contributed by atoms with E-state index in [0.29, 0.717) is 18.0 Å². The molecule has 2 aromatic carbocycles. The summed E-state index contributed by atoms with van der Waals surface area (Å²) in [6.45, 7) is 5.61. The first-order chi connectivity index (χ1) is 14.0. The van der Waals surface area contributed by atoms with Gasteiger partial charge in [0.15, 0.2) is 18.0 Å². The number of nitrogens with zero attached hydrogens (tertiary/aromatic N) is 2. The lowest BCUT2D eigenvalue weighted by Gasteiger charge is -2.24. The smallest absolute Gasteiger partial charge is 0.271 e. The van der Waals surface area contributed by atoms with Gasteiger partial charge in [-0.3, -0.25) is 0 Å². The molecule has 5 nitrogen and oxygen atoms in total. The van der Waals surface area contributed by atoms with Crippen molar-refractivity contribution >= 4 is 11.5 Å². The maximum atomic E-state index is 12.0. The molecule has 0 amide bonds. The summed E-state index contributed by atoms with van der Waals surface area (Å²) in [5.41, 5.74) is 3.37. The van der Waals surface area contributed by atoms with Crippen molar-refractivity contribution in [3.63, 3.8) is 0 Å². The fraction of sp³-hybridized carbons (Fsp3) is 0.458. The van der Waals surface area contributed by atoms with E-state index >= 15 is 0 Å². The van der Waals surface area contributed by atoms with E-state index < -0.39 is 5.72 Å². The van der Waals surface area contributed by atoms with Gasteiger partial charge < -0.3 is 14.6 Å². The third kappa shape index (κ3) is 3.38. The Labute approximate surface area is 173 Å². The van der Waals surface area contributed by atoms with Crippen molar-refractivity contribution in [1.82, 2.24) is 0 Å². The Balaban J connectivity index is 1.84. The van der Waals surface area contributed by atoms with Crippen LogP contribution >= 0.6 is 0 Å². The van der Waals surface area contributed by atoms with Crippen LogP contribution in [0.4, 0.5) is 5.69 Å². The number of aryl methyl sites for hydroxylation is 2. The van der Waals surface area contributed by atoms with Gasteiger partial charge in [0.2, 0.25) is 0 Å². The normalized spacial score (nSPS) is 21.8. The summed E-state index contributed by atoms with van der Waals surface area (Å²) in [6, 6.07) is 12.3. The molecular formula is C24H31N2O3+. The first-order valence-corrected chi connectivity index (χ1v) is 10.4. The minimum Gasteiger partial charge on any atom is -0.493 e. The SMILES string of the molecule is COc1ccc([C@]2(O)CN(c3cc(C)ccc3C)C3=[N+]2CCCCC3)cc1OC. The highest BCUT2D eigenvalue weighted by atomic mass is 16.5. The van der Waals surface area contributed by atoms with E-state index in [9.17, 15) is 5.11 Å². The van der Waals surface area contributed by atoms with Crippen LogP contribution in [0.1, 0.15) is 42.4 Å². The molecule has 29 heavy (non-hydrogen) atoms. The van der Waals surface area contributed by atoms with Crippen LogP contribution in [-0.4, -0.2) is 42.8 Å². The molecule has 2 aliphatic heterocycles. The van der Waals surface area contributed by atoms with E-state index in [2.05, 4.69) is 41.5 Å². The Morgan fingerprint density at radius 2 is 1.76 bits per heavy atom. The van der Waals surface area contributed by atoms with Crippen LogP contribution in [-0.2, 0) is 5.72 Å². The van der Waals surface area contributed by atoms with Crippen LogP contribution < -0.4 is 14.4 Å². The summed E-state index contributed by atoms with van der Waals surface area (Å²) in [4.78, 5) is 2.32. The second-order valence-corrected chi connectivity index (χ2v) is 8.14. The number of aliphatic hydroxyl groups is 1. The maximum absolute atomic E-state index is 12.0. The molecule has 4 rings (SSSR count). The van der Waals surface area contributed by atoms with Crippen LogP contribution in [0.3, 0.4) is 0 Å². The Kier molecular flexibility index (Phi) is 5.26. The summed E-state index contributed by atoms with van der Waals surface area (Å²) in [6.07, 6.45) is 4.39. The molecule has 1 atom stereocenters. The molecule has 154 valence electrons. The predicted molar refractivity (Wildman–Crippen MR) is 115 cm³/mol. The van der Waals surface area contributed by atoms with Gasteiger partial charge in [-0.15, -0.1) is 0 Å². The van der Waals surface area contributed by atoms with Gasteiger partial charge >= 0.3 is 0 Å². The summed E-state index contributed by atoms with van der Waals surface area (Å²) < 4.78 is 13.1. The van der Waals surface area contributed by atoms with Gasteiger partial charge in [0.1, 0.15) is 5.69 Å². The van der Waals surface area contributed by atoms with Crippen molar-refractivity contribution in [3.05, 3.63) is 53.1 Å². The van der Waals surface area contributed by atoms with E-state index in [1.807, 2.05) is 18.2 Å². The molecule has 0 saturated carbocycles. The molecule has 0 aromatic heterocycles. The number of hydrogen-bond donors (Lipinski definition) is 1. The first-order valence-electron chi connectivity index (χ1n) is 10.4. The van der Waals surface area contributed by atoms with Crippen LogP contribution in [0.5, 0.6) is 11.5 Å². The zero-order valence-corrected chi connectivity index (χ0v) is 17.9. The van der Waals surface area contributed by atoms with E-state index in [4.69, 9.17) is 9.47 Å². The van der Waals surface area contributed by atoms with Gasteiger partial charge in [-0.05, 0) is 68.5 Å². The molecular weight excluding hydrogens is 364 g/mol. The minimum absolute atomic E-state index is 0.502. The monoisotopic (exact) mass is 395 g/mol. The number of amidine groups is 1. The molecule has 0 radical (unpaired) electrons. The summed E-state index contributed by atoms with van der Waals surface area (Å²) >= 11 is 0. The van der Waals surface area contributed by atoms with E-state index in [0.717, 1.165) is 31.4 Å². The van der Waals surface area contributed by atoms with E-state index in [-0.39, 0.29) is 0 Å². The number of methoxy groups -OCH3 is 2. The minimum atomic E-state index is -1.10. The number of ether oxygens (including phenoxy) is 2. The molecule has 0 saturated heterocycles. The predicted octanol–water partition coefficient (Wildman–Crippen LogP) is 3.97. The zero-order chi connectivity index (χ0) is 20.6. The van der Waals surface area contributed by atoms with Gasteiger partial charge in [0, 0.05) is 12.0 Å². The number of rotatable bonds is 4. The number of benzene rings is 2. The lowest BCUT2D eigenvalue weighted by Crippen LogP contribution is -2.41. The van der Waals surface area contributed by atoms with Crippen molar-refractivity contribution in [2.45, 2.75) is 45.3 Å². The van der Waals surface area contributed by atoms with Crippen LogP contribution in [0, 0.1) is 13.8 Å². The largest absolute Gasteiger partial charge is 0.493 e. The molecule has 0 unspecified atom stereocenters. The second-order valence-electron chi connectivity index (χ2n) is 8.14. The van der Waals surface area contributed by atoms with Gasteiger partial charge in [-0.25, -0.2) is 9.48 Å². The average Bonchev–Trinajstić information content (AvgIpc) is 2.88. The van der Waals surface area contributed by atoms with Gasteiger partial charge in [0.25, 0.3) is 11.6 Å². The Morgan fingerprint density at radius 3 is 2.52 bits per heavy atom.